The zero-order valence-corrected chi connectivity index (χ0v) is 9.33. The van der Waals surface area contributed by atoms with E-state index in [0.717, 1.165) is 12.0 Å². The lowest BCUT2D eigenvalue weighted by atomic mass is 9.90. The second-order valence-electron chi connectivity index (χ2n) is 3.97. The molecule has 0 fully saturated rings. The minimum atomic E-state index is -1.04. The van der Waals surface area contributed by atoms with Crippen LogP contribution in [0.15, 0.2) is 30.9 Å². The molecular formula is C13H18O2. The number of hydrogen-bond donors (Lipinski definition) is 2. The molecule has 82 valence electrons. The van der Waals surface area contributed by atoms with Gasteiger partial charge in [-0.1, -0.05) is 19.1 Å². The second kappa shape index (κ2) is 4.49. The van der Waals surface area contributed by atoms with E-state index in [1.165, 1.54) is 0 Å². The van der Waals surface area contributed by atoms with Crippen molar-refractivity contribution in [2.75, 3.05) is 0 Å². The van der Waals surface area contributed by atoms with Crippen molar-refractivity contribution >= 4 is 0 Å². The van der Waals surface area contributed by atoms with Crippen LogP contribution in [0.3, 0.4) is 0 Å². The van der Waals surface area contributed by atoms with Gasteiger partial charge >= 0.3 is 0 Å². The fourth-order valence-electron chi connectivity index (χ4n) is 1.63. The molecule has 0 aliphatic carbocycles. The predicted octanol–water partition coefficient (Wildman–Crippen LogP) is 2.74. The predicted molar refractivity (Wildman–Crippen MR) is 61.9 cm³/mol. The molecule has 2 nitrogen and oxygen atoms in total. The topological polar surface area (TPSA) is 40.5 Å². The van der Waals surface area contributed by atoms with Gasteiger partial charge in [-0.2, -0.15) is 0 Å². The fourth-order valence-corrected chi connectivity index (χ4v) is 1.63. The van der Waals surface area contributed by atoms with Gasteiger partial charge in [0.1, 0.15) is 5.75 Å². The average Bonchev–Trinajstić information content (AvgIpc) is 2.18. The van der Waals surface area contributed by atoms with Crippen molar-refractivity contribution in [1.82, 2.24) is 0 Å². The molecule has 0 saturated carbocycles. The Balaban J connectivity index is 3.16. The summed E-state index contributed by atoms with van der Waals surface area (Å²) in [5, 5.41) is 19.9. The first-order valence-electron chi connectivity index (χ1n) is 5.17. The number of aliphatic hydroxyl groups is 1. The van der Waals surface area contributed by atoms with E-state index >= 15 is 0 Å². The quantitative estimate of drug-likeness (QED) is 0.744. The summed E-state index contributed by atoms with van der Waals surface area (Å²) < 4.78 is 0. The molecule has 0 aromatic heterocycles. The monoisotopic (exact) mass is 206 g/mol. The van der Waals surface area contributed by atoms with Crippen molar-refractivity contribution in [2.24, 2.45) is 0 Å². The molecule has 0 aliphatic heterocycles. The van der Waals surface area contributed by atoms with Crippen LogP contribution in [-0.4, -0.2) is 10.2 Å². The molecule has 1 aromatic rings. The van der Waals surface area contributed by atoms with E-state index in [4.69, 9.17) is 0 Å². The summed E-state index contributed by atoms with van der Waals surface area (Å²) in [6, 6.07) is 5.34. The van der Waals surface area contributed by atoms with E-state index < -0.39 is 5.60 Å². The van der Waals surface area contributed by atoms with Gasteiger partial charge in [0, 0.05) is 5.56 Å². The summed E-state index contributed by atoms with van der Waals surface area (Å²) in [5.74, 6) is 0.138. The number of phenolic OH excluding ortho intramolecular Hbond substituents is 1. The van der Waals surface area contributed by atoms with Gasteiger partial charge < -0.3 is 10.2 Å². The zero-order chi connectivity index (χ0) is 11.5. The van der Waals surface area contributed by atoms with Crippen molar-refractivity contribution in [3.8, 4) is 5.75 Å². The molecule has 1 rings (SSSR count). The highest BCUT2D eigenvalue weighted by Gasteiger charge is 2.24. The summed E-state index contributed by atoms with van der Waals surface area (Å²) in [6.45, 7) is 7.33. The van der Waals surface area contributed by atoms with Crippen LogP contribution in [0.4, 0.5) is 0 Å². The second-order valence-corrected chi connectivity index (χ2v) is 3.97. The zero-order valence-electron chi connectivity index (χ0n) is 9.33. The molecule has 2 heteroatoms. The largest absolute Gasteiger partial charge is 0.508 e. The Bertz CT molecular complexity index is 354. The van der Waals surface area contributed by atoms with E-state index in [1.807, 2.05) is 19.1 Å². The van der Waals surface area contributed by atoms with Gasteiger partial charge in [0.2, 0.25) is 0 Å². The van der Waals surface area contributed by atoms with Crippen LogP contribution in [0, 0.1) is 0 Å². The molecule has 0 aliphatic rings. The van der Waals surface area contributed by atoms with Crippen LogP contribution in [0.1, 0.15) is 31.4 Å². The lowest BCUT2D eigenvalue weighted by Crippen LogP contribution is -2.20. The minimum absolute atomic E-state index is 0.138. The van der Waals surface area contributed by atoms with Crippen LogP contribution >= 0.6 is 0 Å². The highest BCUT2D eigenvalue weighted by atomic mass is 16.3. The number of aromatic hydroxyl groups is 1. The Labute approximate surface area is 90.9 Å². The highest BCUT2D eigenvalue weighted by Crippen LogP contribution is 2.32. The number of aryl methyl sites for hydroxylation is 1. The molecular weight excluding hydrogens is 188 g/mol. The third-order valence-corrected chi connectivity index (χ3v) is 2.59. The number of phenols is 1. The van der Waals surface area contributed by atoms with E-state index in [0.29, 0.717) is 12.0 Å². The molecule has 2 N–H and O–H groups in total. The lowest BCUT2D eigenvalue weighted by Gasteiger charge is -2.23. The van der Waals surface area contributed by atoms with Crippen molar-refractivity contribution < 1.29 is 10.2 Å². The summed E-state index contributed by atoms with van der Waals surface area (Å²) in [6.07, 6.45) is 2.96. The lowest BCUT2D eigenvalue weighted by molar-refractivity contribution is 0.0580. The van der Waals surface area contributed by atoms with Gasteiger partial charge in [0.15, 0.2) is 0 Å². The standard InChI is InChI=1S/C13H18O2/c1-4-8-13(3,15)11-9-10(5-2)6-7-12(11)14/h4,6-7,9,14-15H,1,5,8H2,2-3H3. The Kier molecular flexibility index (Phi) is 3.53. The third-order valence-electron chi connectivity index (χ3n) is 2.59. The summed E-state index contributed by atoms with van der Waals surface area (Å²) >= 11 is 0. The molecule has 0 amide bonds. The van der Waals surface area contributed by atoms with Gasteiger partial charge in [-0.3, -0.25) is 0 Å². The number of benzene rings is 1. The fraction of sp³-hybridized carbons (Fsp3) is 0.385. The average molecular weight is 206 g/mol. The van der Waals surface area contributed by atoms with E-state index in [9.17, 15) is 10.2 Å². The molecule has 1 unspecified atom stereocenters. The first-order valence-corrected chi connectivity index (χ1v) is 5.17. The van der Waals surface area contributed by atoms with E-state index in [-0.39, 0.29) is 5.75 Å². The van der Waals surface area contributed by atoms with Gasteiger partial charge in [-0.15, -0.1) is 6.58 Å². The molecule has 0 spiro atoms. The molecule has 1 atom stereocenters. The van der Waals surface area contributed by atoms with Crippen molar-refractivity contribution in [3.63, 3.8) is 0 Å². The number of rotatable bonds is 4. The van der Waals surface area contributed by atoms with Gasteiger partial charge in [-0.05, 0) is 37.5 Å². The van der Waals surface area contributed by atoms with Crippen LogP contribution in [0.5, 0.6) is 5.75 Å². The summed E-state index contributed by atoms with van der Waals surface area (Å²) in [7, 11) is 0. The SMILES string of the molecule is C=CCC(C)(O)c1cc(CC)ccc1O. The van der Waals surface area contributed by atoms with Crippen molar-refractivity contribution in [3.05, 3.63) is 42.0 Å². The van der Waals surface area contributed by atoms with Crippen LogP contribution in [0.25, 0.3) is 0 Å². The van der Waals surface area contributed by atoms with Gasteiger partial charge in [-0.25, -0.2) is 0 Å². The van der Waals surface area contributed by atoms with E-state index in [1.54, 1.807) is 19.1 Å². The summed E-state index contributed by atoms with van der Waals surface area (Å²) in [4.78, 5) is 0. The van der Waals surface area contributed by atoms with Crippen LogP contribution in [-0.2, 0) is 12.0 Å². The third kappa shape index (κ3) is 2.60. The van der Waals surface area contributed by atoms with Gasteiger partial charge in [0.25, 0.3) is 0 Å². The first kappa shape index (κ1) is 11.8. The smallest absolute Gasteiger partial charge is 0.121 e. The Morgan fingerprint density at radius 3 is 2.67 bits per heavy atom. The maximum absolute atomic E-state index is 10.2. The first-order chi connectivity index (χ1) is 7.01. The van der Waals surface area contributed by atoms with E-state index in [2.05, 4.69) is 6.58 Å². The normalized spacial score (nSPS) is 14.6. The minimum Gasteiger partial charge on any atom is -0.508 e. The Morgan fingerprint density at radius 2 is 2.13 bits per heavy atom. The van der Waals surface area contributed by atoms with Crippen molar-refractivity contribution in [2.45, 2.75) is 32.3 Å². The van der Waals surface area contributed by atoms with Crippen LogP contribution < -0.4 is 0 Å². The maximum Gasteiger partial charge on any atom is 0.121 e. The van der Waals surface area contributed by atoms with Gasteiger partial charge in [0.05, 0.1) is 5.60 Å². The maximum atomic E-state index is 10.2. The summed E-state index contributed by atoms with van der Waals surface area (Å²) in [5.41, 5.74) is 0.630. The molecule has 0 bridgehead atoms. The number of hydrogen-bond acceptors (Lipinski definition) is 2. The van der Waals surface area contributed by atoms with Crippen molar-refractivity contribution in [1.29, 1.82) is 0 Å². The molecule has 0 saturated heterocycles. The molecule has 0 radical (unpaired) electrons. The Morgan fingerprint density at radius 1 is 1.47 bits per heavy atom. The molecule has 15 heavy (non-hydrogen) atoms. The highest BCUT2D eigenvalue weighted by molar-refractivity contribution is 5.40. The molecule has 0 heterocycles. The Hall–Kier alpha value is -1.28. The van der Waals surface area contributed by atoms with Crippen LogP contribution in [0.2, 0.25) is 0 Å². The molecule has 1 aromatic carbocycles.